The van der Waals surface area contributed by atoms with Crippen molar-refractivity contribution in [2.24, 2.45) is 0 Å². The Labute approximate surface area is 256 Å². The van der Waals surface area contributed by atoms with E-state index in [1.54, 1.807) is 11.3 Å². The second-order valence-corrected chi connectivity index (χ2v) is 12.3. The van der Waals surface area contributed by atoms with Crippen LogP contribution < -0.4 is 20.9 Å². The van der Waals surface area contributed by atoms with Crippen LogP contribution in [0.15, 0.2) is 79.0 Å². The van der Waals surface area contributed by atoms with E-state index in [1.165, 1.54) is 20.9 Å². The summed E-state index contributed by atoms with van der Waals surface area (Å²) >= 11 is 1.81. The normalized spacial score (nSPS) is 14.0. The third-order valence-corrected chi connectivity index (χ3v) is 8.73. The second-order valence-electron chi connectivity index (χ2n) is 11.2. The number of amides is 2. The number of nitrogens with one attached hydrogen (secondary N) is 3. The standard InChI is InChI=1S/C33H36N8OS/c1-21(29-14-15-30(43-29)26-13-9-8-10-23(26)18-40(3)4)35-32-27-16-31(34-17-28(27)36-22(2)37-32)41-19-25(20-41)39-33(42)38-24-11-6-5-7-12-24/h5-17,21,25H,18-20H2,1-4H3,(H,35,36,37)(H2,38,39,42). The highest BCUT2D eigenvalue weighted by molar-refractivity contribution is 7.15. The van der Waals surface area contributed by atoms with Crippen molar-refractivity contribution in [1.29, 1.82) is 0 Å². The van der Waals surface area contributed by atoms with Crippen LogP contribution in [0.4, 0.5) is 22.1 Å². The first-order chi connectivity index (χ1) is 20.8. The molecule has 1 fully saturated rings. The average molecular weight is 593 g/mol. The van der Waals surface area contributed by atoms with Crippen molar-refractivity contribution in [3.05, 3.63) is 95.3 Å². The fourth-order valence-electron chi connectivity index (χ4n) is 5.30. The van der Waals surface area contributed by atoms with E-state index in [2.05, 4.69) is 93.1 Å². The number of thiophene rings is 1. The van der Waals surface area contributed by atoms with E-state index < -0.39 is 0 Å². The van der Waals surface area contributed by atoms with Gasteiger partial charge >= 0.3 is 6.03 Å². The molecule has 0 bridgehead atoms. The Morgan fingerprint density at radius 3 is 2.60 bits per heavy atom. The average Bonchev–Trinajstić information content (AvgIpc) is 3.46. The summed E-state index contributed by atoms with van der Waals surface area (Å²) in [6, 6.07) is 24.4. The molecule has 10 heteroatoms. The summed E-state index contributed by atoms with van der Waals surface area (Å²) in [5.74, 6) is 2.33. The number of fused-ring (bicyclic) bond motifs is 1. The number of para-hydroxylation sites is 1. The number of hydrogen-bond donors (Lipinski definition) is 3. The highest BCUT2D eigenvalue weighted by atomic mass is 32.1. The molecule has 1 aliphatic heterocycles. The number of anilines is 3. The van der Waals surface area contributed by atoms with E-state index >= 15 is 0 Å². The number of urea groups is 1. The Balaban J connectivity index is 1.15. The van der Waals surface area contributed by atoms with Gasteiger partial charge in [0.15, 0.2) is 0 Å². The van der Waals surface area contributed by atoms with Crippen molar-refractivity contribution in [2.75, 3.05) is 42.7 Å². The summed E-state index contributed by atoms with van der Waals surface area (Å²) in [6.45, 7) is 6.33. The van der Waals surface area contributed by atoms with Crippen molar-refractivity contribution in [2.45, 2.75) is 32.5 Å². The molecule has 6 rings (SSSR count). The van der Waals surface area contributed by atoms with Crippen LogP contribution >= 0.6 is 11.3 Å². The summed E-state index contributed by atoms with van der Waals surface area (Å²) in [4.78, 5) is 33.3. The summed E-state index contributed by atoms with van der Waals surface area (Å²) in [5.41, 5.74) is 4.16. The number of carbonyl (C=O) groups excluding carboxylic acids is 1. The van der Waals surface area contributed by atoms with E-state index in [4.69, 9.17) is 4.98 Å². The molecular weight excluding hydrogens is 556 g/mol. The largest absolute Gasteiger partial charge is 0.362 e. The minimum Gasteiger partial charge on any atom is -0.362 e. The van der Waals surface area contributed by atoms with Crippen molar-refractivity contribution in [3.8, 4) is 10.4 Å². The van der Waals surface area contributed by atoms with Crippen LogP contribution in [-0.4, -0.2) is 59.1 Å². The maximum atomic E-state index is 12.4. The van der Waals surface area contributed by atoms with Crippen LogP contribution in [0.1, 0.15) is 29.2 Å². The Hall–Kier alpha value is -4.54. The molecule has 2 aromatic carbocycles. The zero-order valence-electron chi connectivity index (χ0n) is 24.8. The highest BCUT2D eigenvalue weighted by Crippen LogP contribution is 2.36. The second kappa shape index (κ2) is 12.4. The smallest absolute Gasteiger partial charge is 0.319 e. The first kappa shape index (κ1) is 28.6. The SMILES string of the molecule is Cc1nc(NC(C)c2ccc(-c3ccccc3CN(C)C)s2)c2cc(N3CC(NC(=O)Nc4ccccc4)C3)ncc2n1. The maximum absolute atomic E-state index is 12.4. The van der Waals surface area contributed by atoms with Gasteiger partial charge < -0.3 is 25.8 Å². The van der Waals surface area contributed by atoms with Crippen LogP contribution in [0.2, 0.25) is 0 Å². The first-order valence-corrected chi connectivity index (χ1v) is 15.2. The van der Waals surface area contributed by atoms with Gasteiger partial charge in [-0.15, -0.1) is 11.3 Å². The van der Waals surface area contributed by atoms with Gasteiger partial charge in [0.05, 0.1) is 23.8 Å². The first-order valence-electron chi connectivity index (χ1n) is 14.4. The quantitative estimate of drug-likeness (QED) is 0.185. The molecular formula is C33H36N8OS. The van der Waals surface area contributed by atoms with Gasteiger partial charge in [-0.05, 0) is 69.4 Å². The number of nitrogens with zero attached hydrogens (tertiary/aromatic N) is 5. The Morgan fingerprint density at radius 1 is 1.05 bits per heavy atom. The predicted molar refractivity (Wildman–Crippen MR) is 176 cm³/mol. The van der Waals surface area contributed by atoms with Crippen LogP contribution in [-0.2, 0) is 6.54 Å². The van der Waals surface area contributed by atoms with Crippen LogP contribution in [0.25, 0.3) is 21.3 Å². The molecule has 3 N–H and O–H groups in total. The summed E-state index contributed by atoms with van der Waals surface area (Å²) in [6.07, 6.45) is 1.81. The van der Waals surface area contributed by atoms with Crippen LogP contribution in [0, 0.1) is 6.92 Å². The highest BCUT2D eigenvalue weighted by Gasteiger charge is 2.29. The number of rotatable bonds is 9. The number of aryl methyl sites for hydroxylation is 1. The molecule has 43 heavy (non-hydrogen) atoms. The van der Waals surface area contributed by atoms with Gasteiger partial charge in [-0.2, -0.15) is 0 Å². The molecule has 1 atom stereocenters. The molecule has 1 aliphatic rings. The molecule has 5 aromatic rings. The van der Waals surface area contributed by atoms with Gasteiger partial charge in [-0.1, -0.05) is 42.5 Å². The van der Waals surface area contributed by atoms with Crippen molar-refractivity contribution < 1.29 is 4.79 Å². The van der Waals surface area contributed by atoms with E-state index in [0.717, 1.165) is 34.8 Å². The molecule has 220 valence electrons. The number of aromatic nitrogens is 3. The summed E-state index contributed by atoms with van der Waals surface area (Å²) in [5, 5.41) is 10.5. The Morgan fingerprint density at radius 2 is 1.81 bits per heavy atom. The minimum absolute atomic E-state index is 0.0453. The van der Waals surface area contributed by atoms with Gasteiger partial charge in [-0.25, -0.2) is 19.7 Å². The van der Waals surface area contributed by atoms with Crippen LogP contribution in [0.5, 0.6) is 0 Å². The molecule has 9 nitrogen and oxygen atoms in total. The molecule has 1 unspecified atom stereocenters. The Bertz CT molecular complexity index is 1730. The summed E-state index contributed by atoms with van der Waals surface area (Å²) in [7, 11) is 4.20. The van der Waals surface area contributed by atoms with E-state index in [1.807, 2.05) is 49.5 Å². The monoisotopic (exact) mass is 592 g/mol. The van der Waals surface area contributed by atoms with Gasteiger partial charge in [0.25, 0.3) is 0 Å². The fourth-order valence-corrected chi connectivity index (χ4v) is 6.37. The van der Waals surface area contributed by atoms with Crippen molar-refractivity contribution in [3.63, 3.8) is 0 Å². The summed E-state index contributed by atoms with van der Waals surface area (Å²) < 4.78 is 0. The minimum atomic E-state index is -0.204. The number of pyridine rings is 1. The van der Waals surface area contributed by atoms with Crippen LogP contribution in [0.3, 0.4) is 0 Å². The van der Waals surface area contributed by atoms with E-state index in [0.29, 0.717) is 18.9 Å². The molecule has 0 saturated carbocycles. The zero-order chi connectivity index (χ0) is 29.9. The molecule has 0 radical (unpaired) electrons. The lowest BCUT2D eigenvalue weighted by molar-refractivity contribution is 0.245. The van der Waals surface area contributed by atoms with E-state index in [9.17, 15) is 4.79 Å². The van der Waals surface area contributed by atoms with Gasteiger partial charge in [0.2, 0.25) is 0 Å². The molecule has 0 spiro atoms. The lowest BCUT2D eigenvalue weighted by Crippen LogP contribution is -2.60. The lowest BCUT2D eigenvalue weighted by atomic mass is 10.1. The van der Waals surface area contributed by atoms with Gasteiger partial charge in [0, 0.05) is 40.5 Å². The third kappa shape index (κ3) is 6.60. The predicted octanol–water partition coefficient (Wildman–Crippen LogP) is 6.31. The Kier molecular flexibility index (Phi) is 8.22. The topological polar surface area (TPSA) is 98.3 Å². The van der Waals surface area contributed by atoms with Crippen molar-refractivity contribution >= 4 is 45.6 Å². The fraction of sp³-hybridized carbons (Fsp3) is 0.273. The van der Waals surface area contributed by atoms with Gasteiger partial charge in [-0.3, -0.25) is 0 Å². The molecule has 2 amide bonds. The van der Waals surface area contributed by atoms with Gasteiger partial charge in [0.1, 0.15) is 17.5 Å². The van der Waals surface area contributed by atoms with E-state index in [-0.39, 0.29) is 18.1 Å². The zero-order valence-corrected chi connectivity index (χ0v) is 25.7. The number of hydrogen-bond acceptors (Lipinski definition) is 8. The molecule has 0 aliphatic carbocycles. The molecule has 1 saturated heterocycles. The maximum Gasteiger partial charge on any atom is 0.319 e. The molecule has 3 aromatic heterocycles. The third-order valence-electron chi connectivity index (χ3n) is 7.43. The number of carbonyl (C=O) groups is 1. The number of benzene rings is 2. The lowest BCUT2D eigenvalue weighted by Gasteiger charge is -2.40. The molecule has 4 heterocycles. The van der Waals surface area contributed by atoms with Crippen molar-refractivity contribution in [1.82, 2.24) is 25.2 Å².